The van der Waals surface area contributed by atoms with E-state index < -0.39 is 11.4 Å². The zero-order chi connectivity index (χ0) is 19.1. The molecule has 0 saturated carbocycles. The van der Waals surface area contributed by atoms with Gasteiger partial charge in [-0.25, -0.2) is 4.98 Å². The van der Waals surface area contributed by atoms with Crippen molar-refractivity contribution in [2.24, 2.45) is 11.7 Å². The summed E-state index contributed by atoms with van der Waals surface area (Å²) < 4.78 is 0. The van der Waals surface area contributed by atoms with E-state index in [0.29, 0.717) is 37.6 Å². The van der Waals surface area contributed by atoms with Crippen molar-refractivity contribution >= 4 is 23.5 Å². The number of anilines is 1. The topological polar surface area (TPSA) is 99.8 Å². The first-order valence-corrected chi connectivity index (χ1v) is 8.78. The van der Waals surface area contributed by atoms with Crippen molar-refractivity contribution in [1.29, 1.82) is 0 Å². The molecule has 2 saturated heterocycles. The van der Waals surface area contributed by atoms with Gasteiger partial charge in [0.15, 0.2) is 0 Å². The van der Waals surface area contributed by atoms with Crippen LogP contribution in [0.5, 0.6) is 0 Å². The zero-order valence-electron chi connectivity index (χ0n) is 15.4. The molecular formula is C18H25N5O3. The number of aromatic nitrogens is 1. The fourth-order valence-electron chi connectivity index (χ4n) is 3.71. The highest BCUT2D eigenvalue weighted by Crippen LogP contribution is 2.35. The average molecular weight is 359 g/mol. The van der Waals surface area contributed by atoms with Gasteiger partial charge in [-0.05, 0) is 26.0 Å². The molecule has 8 heteroatoms. The van der Waals surface area contributed by atoms with Gasteiger partial charge in [-0.3, -0.25) is 14.4 Å². The third-order valence-electron chi connectivity index (χ3n) is 5.71. The SMILES string of the molecule is CN1C(=O)CC(C(=O)N2CCN(c3ncccc3C(N)=O)CC2)C1(C)C. The van der Waals surface area contributed by atoms with Gasteiger partial charge in [-0.2, -0.15) is 0 Å². The van der Waals surface area contributed by atoms with E-state index in [2.05, 4.69) is 4.98 Å². The molecule has 1 aromatic rings. The molecule has 1 aromatic heterocycles. The standard InChI is InChI=1S/C18H25N5O3/c1-18(2)13(11-14(24)21(18)3)17(26)23-9-7-22(8-10-23)16-12(15(19)25)5-4-6-20-16/h4-6,13H,7-11H2,1-3H3,(H2,19,25). The number of nitrogens with two attached hydrogens (primary N) is 1. The highest BCUT2D eigenvalue weighted by Gasteiger charge is 2.49. The van der Waals surface area contributed by atoms with Crippen molar-refractivity contribution in [3.8, 4) is 0 Å². The Morgan fingerprint density at radius 1 is 1.23 bits per heavy atom. The van der Waals surface area contributed by atoms with E-state index in [0.717, 1.165) is 0 Å². The molecule has 3 amide bonds. The van der Waals surface area contributed by atoms with E-state index in [1.54, 1.807) is 30.3 Å². The maximum Gasteiger partial charge on any atom is 0.252 e. The van der Waals surface area contributed by atoms with Crippen LogP contribution >= 0.6 is 0 Å². The Balaban J connectivity index is 1.69. The Morgan fingerprint density at radius 3 is 2.42 bits per heavy atom. The fraction of sp³-hybridized carbons (Fsp3) is 0.556. The van der Waals surface area contributed by atoms with Crippen molar-refractivity contribution in [3.05, 3.63) is 23.9 Å². The van der Waals surface area contributed by atoms with Crippen molar-refractivity contribution < 1.29 is 14.4 Å². The minimum Gasteiger partial charge on any atom is -0.365 e. The number of nitrogens with zero attached hydrogens (tertiary/aromatic N) is 4. The average Bonchev–Trinajstić information content (AvgIpc) is 2.84. The molecule has 0 aromatic carbocycles. The lowest BCUT2D eigenvalue weighted by Gasteiger charge is -2.39. The molecule has 3 rings (SSSR count). The number of primary amides is 1. The molecule has 0 aliphatic carbocycles. The van der Waals surface area contributed by atoms with Gasteiger partial charge in [-0.15, -0.1) is 0 Å². The van der Waals surface area contributed by atoms with Crippen molar-refractivity contribution in [1.82, 2.24) is 14.8 Å². The summed E-state index contributed by atoms with van der Waals surface area (Å²) in [6.45, 7) is 6.06. The molecule has 0 radical (unpaired) electrons. The predicted octanol–water partition coefficient (Wildman–Crippen LogP) is 0.0860. The number of hydrogen-bond donors (Lipinski definition) is 1. The first-order chi connectivity index (χ1) is 12.2. The van der Waals surface area contributed by atoms with Crippen LogP contribution in [-0.4, -0.2) is 71.3 Å². The highest BCUT2D eigenvalue weighted by molar-refractivity contribution is 5.97. The highest BCUT2D eigenvalue weighted by atomic mass is 16.2. The van der Waals surface area contributed by atoms with Crippen molar-refractivity contribution in [2.45, 2.75) is 25.8 Å². The molecule has 0 bridgehead atoms. The van der Waals surface area contributed by atoms with Crippen LogP contribution in [0.1, 0.15) is 30.6 Å². The lowest BCUT2D eigenvalue weighted by molar-refractivity contribution is -0.138. The van der Waals surface area contributed by atoms with Crippen LogP contribution in [0.2, 0.25) is 0 Å². The van der Waals surface area contributed by atoms with E-state index in [1.807, 2.05) is 23.6 Å². The second-order valence-corrected chi connectivity index (χ2v) is 7.41. The number of hydrogen-bond acceptors (Lipinski definition) is 5. The molecule has 3 heterocycles. The van der Waals surface area contributed by atoms with Crippen LogP contribution in [0, 0.1) is 5.92 Å². The summed E-state index contributed by atoms with van der Waals surface area (Å²) in [5, 5.41) is 0. The van der Waals surface area contributed by atoms with Gasteiger partial charge in [0.25, 0.3) is 5.91 Å². The summed E-state index contributed by atoms with van der Waals surface area (Å²) in [6, 6.07) is 3.34. The maximum atomic E-state index is 13.0. The first kappa shape index (κ1) is 18.2. The number of rotatable bonds is 3. The lowest BCUT2D eigenvalue weighted by Crippen LogP contribution is -2.54. The largest absolute Gasteiger partial charge is 0.365 e. The summed E-state index contributed by atoms with van der Waals surface area (Å²) >= 11 is 0. The molecule has 2 aliphatic rings. The van der Waals surface area contributed by atoms with Crippen molar-refractivity contribution in [2.75, 3.05) is 38.1 Å². The van der Waals surface area contributed by atoms with Gasteiger partial charge in [0.2, 0.25) is 11.8 Å². The van der Waals surface area contributed by atoms with Gasteiger partial charge < -0.3 is 20.4 Å². The minimum absolute atomic E-state index is 0.00608. The second kappa shape index (κ2) is 6.59. The first-order valence-electron chi connectivity index (χ1n) is 8.78. The monoisotopic (exact) mass is 359 g/mol. The minimum atomic E-state index is -0.513. The normalized spacial score (nSPS) is 22.7. The lowest BCUT2D eigenvalue weighted by atomic mass is 9.87. The molecule has 1 unspecified atom stereocenters. The smallest absolute Gasteiger partial charge is 0.252 e. The van der Waals surface area contributed by atoms with Crippen LogP contribution in [0.15, 0.2) is 18.3 Å². The van der Waals surface area contributed by atoms with E-state index >= 15 is 0 Å². The summed E-state index contributed by atoms with van der Waals surface area (Å²) in [6.07, 6.45) is 1.89. The number of carbonyl (C=O) groups is 3. The Morgan fingerprint density at radius 2 is 1.88 bits per heavy atom. The molecule has 2 aliphatic heterocycles. The zero-order valence-corrected chi connectivity index (χ0v) is 15.4. The Labute approximate surface area is 152 Å². The molecule has 2 fully saturated rings. The van der Waals surface area contributed by atoms with Gasteiger partial charge in [0, 0.05) is 51.4 Å². The second-order valence-electron chi connectivity index (χ2n) is 7.41. The third kappa shape index (κ3) is 3.00. The van der Waals surface area contributed by atoms with Gasteiger partial charge in [-0.1, -0.05) is 0 Å². The Kier molecular flexibility index (Phi) is 4.60. The van der Waals surface area contributed by atoms with E-state index in [-0.39, 0.29) is 24.2 Å². The van der Waals surface area contributed by atoms with Gasteiger partial charge in [0.05, 0.1) is 11.5 Å². The number of piperazine rings is 1. The van der Waals surface area contributed by atoms with Crippen LogP contribution in [0.3, 0.4) is 0 Å². The number of pyridine rings is 1. The summed E-state index contributed by atoms with van der Waals surface area (Å²) in [5.74, 6) is -0.262. The van der Waals surface area contributed by atoms with Crippen LogP contribution in [0.25, 0.3) is 0 Å². The molecule has 0 spiro atoms. The van der Waals surface area contributed by atoms with Crippen LogP contribution in [-0.2, 0) is 9.59 Å². The molecule has 2 N–H and O–H groups in total. The van der Waals surface area contributed by atoms with Crippen LogP contribution < -0.4 is 10.6 Å². The Bertz CT molecular complexity index is 740. The molecular weight excluding hydrogens is 334 g/mol. The van der Waals surface area contributed by atoms with Crippen LogP contribution in [0.4, 0.5) is 5.82 Å². The van der Waals surface area contributed by atoms with E-state index in [4.69, 9.17) is 5.73 Å². The number of likely N-dealkylation sites (tertiary alicyclic amines) is 1. The predicted molar refractivity (Wildman–Crippen MR) is 96.5 cm³/mol. The molecule has 1 atom stereocenters. The molecule has 140 valence electrons. The van der Waals surface area contributed by atoms with Gasteiger partial charge >= 0.3 is 0 Å². The summed E-state index contributed by atoms with van der Waals surface area (Å²) in [4.78, 5) is 46.3. The quantitative estimate of drug-likeness (QED) is 0.824. The van der Waals surface area contributed by atoms with E-state index in [1.165, 1.54) is 0 Å². The third-order valence-corrected chi connectivity index (χ3v) is 5.71. The fourth-order valence-corrected chi connectivity index (χ4v) is 3.71. The Hall–Kier alpha value is -2.64. The number of amides is 3. The summed E-state index contributed by atoms with van der Waals surface area (Å²) in [5.41, 5.74) is 5.33. The number of carbonyl (C=O) groups excluding carboxylic acids is 3. The van der Waals surface area contributed by atoms with E-state index in [9.17, 15) is 14.4 Å². The maximum absolute atomic E-state index is 13.0. The van der Waals surface area contributed by atoms with Gasteiger partial charge in [0.1, 0.15) is 5.82 Å². The summed E-state index contributed by atoms with van der Waals surface area (Å²) in [7, 11) is 1.75. The van der Waals surface area contributed by atoms with Crippen molar-refractivity contribution in [3.63, 3.8) is 0 Å². The molecule has 8 nitrogen and oxygen atoms in total. The molecule has 26 heavy (non-hydrogen) atoms.